The number of aromatic amines is 1. The highest BCUT2D eigenvalue weighted by atomic mass is 16.5. The van der Waals surface area contributed by atoms with E-state index in [2.05, 4.69) is 74.6 Å². The summed E-state index contributed by atoms with van der Waals surface area (Å²) in [6.45, 7) is 12.7. The van der Waals surface area contributed by atoms with E-state index < -0.39 is 5.91 Å². The maximum absolute atomic E-state index is 12.7. The molecular weight excluding hydrogens is 580 g/mol. The average molecular weight is 629 g/mol. The Morgan fingerprint density at radius 1 is 1.04 bits per heavy atom. The zero-order chi connectivity index (χ0) is 31.8. The second-order valence-corrected chi connectivity index (χ2v) is 14.0. The molecule has 7 rings (SSSR count). The fraction of sp³-hybridized carbons (Fsp3) is 0.588. The summed E-state index contributed by atoms with van der Waals surface area (Å²) in [5, 5.41) is 14.2. The average Bonchev–Trinajstić information content (AvgIpc) is 3.61. The summed E-state index contributed by atoms with van der Waals surface area (Å²) >= 11 is 0. The highest BCUT2D eigenvalue weighted by molar-refractivity contribution is 5.97. The van der Waals surface area contributed by atoms with Crippen LogP contribution in [0.1, 0.15) is 67.9 Å². The third-order valence-electron chi connectivity index (χ3n) is 10.5. The Labute approximate surface area is 271 Å². The van der Waals surface area contributed by atoms with Crippen LogP contribution in [-0.4, -0.2) is 107 Å². The van der Waals surface area contributed by atoms with Gasteiger partial charge in [-0.05, 0) is 74.9 Å². The third kappa shape index (κ3) is 6.30. The Morgan fingerprint density at radius 3 is 2.50 bits per heavy atom. The molecule has 3 aliphatic heterocycles. The molecule has 4 fully saturated rings. The largest absolute Gasteiger partial charge is 0.381 e. The molecule has 5 N–H and O–H groups in total. The summed E-state index contributed by atoms with van der Waals surface area (Å²) in [6, 6.07) is 9.17. The number of nitrogens with one attached hydrogen (secondary N) is 3. The minimum Gasteiger partial charge on any atom is -0.381 e. The number of piperazine rings is 1. The van der Waals surface area contributed by atoms with E-state index in [1.165, 1.54) is 37.2 Å². The van der Waals surface area contributed by atoms with E-state index >= 15 is 0 Å². The van der Waals surface area contributed by atoms with E-state index in [9.17, 15) is 4.79 Å². The Kier molecular flexibility index (Phi) is 8.60. The van der Waals surface area contributed by atoms with Gasteiger partial charge < -0.3 is 30.9 Å². The third-order valence-corrected chi connectivity index (χ3v) is 10.5. The number of benzene rings is 1. The first-order valence-electron chi connectivity index (χ1n) is 16.9. The fourth-order valence-corrected chi connectivity index (χ4v) is 7.48. The van der Waals surface area contributed by atoms with Crippen LogP contribution in [0.5, 0.6) is 0 Å². The first-order chi connectivity index (χ1) is 22.3. The van der Waals surface area contributed by atoms with Crippen molar-refractivity contribution in [2.24, 2.45) is 11.1 Å². The summed E-state index contributed by atoms with van der Waals surface area (Å²) in [6.07, 6.45) is 7.17. The van der Waals surface area contributed by atoms with Gasteiger partial charge in [0.25, 0.3) is 5.91 Å². The summed E-state index contributed by atoms with van der Waals surface area (Å²) in [5.74, 6) is 0.609. The lowest BCUT2D eigenvalue weighted by atomic mass is 9.92. The van der Waals surface area contributed by atoms with Crippen molar-refractivity contribution in [2.45, 2.75) is 64.0 Å². The molecule has 1 saturated carbocycles. The van der Waals surface area contributed by atoms with E-state index in [-0.39, 0.29) is 17.2 Å². The lowest BCUT2D eigenvalue weighted by Gasteiger charge is -2.43. The Bertz CT molecular complexity index is 1520. The summed E-state index contributed by atoms with van der Waals surface area (Å²) < 4.78 is 5.82. The molecule has 4 aliphatic rings. The number of carbonyl (C=O) groups is 1. The van der Waals surface area contributed by atoms with E-state index in [1.807, 2.05) is 6.07 Å². The van der Waals surface area contributed by atoms with Crippen molar-refractivity contribution in [1.29, 1.82) is 0 Å². The molecule has 1 unspecified atom stereocenters. The van der Waals surface area contributed by atoms with Crippen molar-refractivity contribution >= 4 is 28.9 Å². The molecule has 1 aliphatic carbocycles. The van der Waals surface area contributed by atoms with Crippen molar-refractivity contribution in [3.63, 3.8) is 0 Å². The summed E-state index contributed by atoms with van der Waals surface area (Å²) in [7, 11) is 2.22. The number of aromatic nitrogens is 4. The normalized spacial score (nSPS) is 22.3. The number of nitrogens with two attached hydrogens (primary N) is 1. The zero-order valence-electron chi connectivity index (χ0n) is 27.4. The van der Waals surface area contributed by atoms with Gasteiger partial charge in [-0.1, -0.05) is 13.8 Å². The number of carbonyl (C=O) groups excluding carboxylic acids is 1. The minimum absolute atomic E-state index is 0.0874. The van der Waals surface area contributed by atoms with Gasteiger partial charge in [-0.25, -0.2) is 9.97 Å². The number of primary amides is 1. The van der Waals surface area contributed by atoms with E-state index in [4.69, 9.17) is 20.4 Å². The van der Waals surface area contributed by atoms with Crippen molar-refractivity contribution in [3.8, 4) is 11.4 Å². The zero-order valence-corrected chi connectivity index (χ0v) is 27.4. The molecule has 1 aromatic carbocycles. The van der Waals surface area contributed by atoms with Crippen molar-refractivity contribution < 1.29 is 9.53 Å². The van der Waals surface area contributed by atoms with Crippen LogP contribution >= 0.6 is 0 Å². The van der Waals surface area contributed by atoms with E-state index in [1.54, 1.807) is 6.20 Å². The van der Waals surface area contributed by atoms with Gasteiger partial charge in [-0.15, -0.1) is 0 Å². The van der Waals surface area contributed by atoms with Crippen LogP contribution in [0, 0.1) is 5.41 Å². The number of rotatable bonds is 9. The second-order valence-electron chi connectivity index (χ2n) is 14.0. The quantitative estimate of drug-likeness (QED) is 0.275. The predicted molar refractivity (Wildman–Crippen MR) is 181 cm³/mol. The summed E-state index contributed by atoms with van der Waals surface area (Å²) in [4.78, 5) is 30.2. The van der Waals surface area contributed by atoms with Gasteiger partial charge in [0.1, 0.15) is 5.69 Å². The van der Waals surface area contributed by atoms with Crippen molar-refractivity contribution in [3.05, 3.63) is 41.7 Å². The smallest absolute Gasteiger partial charge is 0.271 e. The number of piperidine rings is 1. The number of hydrogen-bond acceptors (Lipinski definition) is 10. The highest BCUT2D eigenvalue weighted by Gasteiger charge is 2.51. The van der Waals surface area contributed by atoms with Crippen molar-refractivity contribution in [1.82, 2.24) is 30.0 Å². The molecule has 1 atom stereocenters. The maximum atomic E-state index is 12.7. The van der Waals surface area contributed by atoms with Gasteiger partial charge in [0.15, 0.2) is 17.3 Å². The predicted octanol–water partition coefficient (Wildman–Crippen LogP) is 4.03. The number of hydrogen-bond donors (Lipinski definition) is 4. The number of likely N-dealkylation sites (N-methyl/N-ethyl adjacent to an activating group) is 1. The Balaban J connectivity index is 1.14. The molecule has 12 nitrogen and oxygen atoms in total. The minimum atomic E-state index is -0.643. The molecule has 3 saturated heterocycles. The molecule has 0 bridgehead atoms. The number of nitrogens with zero attached hydrogens (tertiary/aromatic N) is 6. The standard InChI is InChI=1S/C34H48N10O2/c1-22(2)25-20-23(4-5-27(25)44-13-7-24(8-14-44)43-17-15-42(3)16-18-43)37-33-30(31(35)45)39-29(26-6-12-36-41-26)32(40-33)38-28-9-19-46-21-34(28)10-11-34/h4-6,12,20,22,24,28H,7-11,13-19,21H2,1-3H3,(H2,35,45)(H,36,41)(H2,37,38,40). The first kappa shape index (κ1) is 30.9. The van der Waals surface area contributed by atoms with Crippen LogP contribution in [0.25, 0.3) is 11.4 Å². The topological polar surface area (TPSA) is 141 Å². The molecule has 12 heteroatoms. The lowest BCUT2D eigenvalue weighted by Crippen LogP contribution is -2.52. The van der Waals surface area contributed by atoms with Gasteiger partial charge in [-0.2, -0.15) is 5.10 Å². The Hall–Kier alpha value is -3.74. The second kappa shape index (κ2) is 12.8. The molecule has 246 valence electrons. The highest BCUT2D eigenvalue weighted by Crippen LogP contribution is 2.52. The molecular formula is C34H48N10O2. The van der Waals surface area contributed by atoms with Crippen molar-refractivity contribution in [2.75, 3.05) is 75.1 Å². The first-order valence-corrected chi connectivity index (χ1v) is 16.9. The summed E-state index contributed by atoms with van der Waals surface area (Å²) in [5.41, 5.74) is 10.7. The van der Waals surface area contributed by atoms with Crippen LogP contribution in [0.3, 0.4) is 0 Å². The Morgan fingerprint density at radius 2 is 1.83 bits per heavy atom. The van der Waals surface area contributed by atoms with Gasteiger partial charge in [0, 0.05) is 80.9 Å². The van der Waals surface area contributed by atoms with Gasteiger partial charge >= 0.3 is 0 Å². The number of H-pyrrole nitrogens is 1. The molecule has 3 aromatic rings. The molecule has 46 heavy (non-hydrogen) atoms. The number of amides is 1. The number of ether oxygens (including phenoxy) is 1. The number of anilines is 4. The molecule has 0 radical (unpaired) electrons. The van der Waals surface area contributed by atoms with Crippen LogP contribution in [0.15, 0.2) is 30.5 Å². The van der Waals surface area contributed by atoms with E-state index in [0.717, 1.165) is 57.7 Å². The molecule has 5 heterocycles. The van der Waals surface area contributed by atoms with Gasteiger partial charge in [-0.3, -0.25) is 14.8 Å². The molecule has 1 spiro atoms. The van der Waals surface area contributed by atoms with Gasteiger partial charge in [0.05, 0.1) is 12.3 Å². The van der Waals surface area contributed by atoms with Gasteiger partial charge in [0.2, 0.25) is 0 Å². The SMILES string of the molecule is CC(C)c1cc(Nc2nc(NC3CCOCC34CC4)c(-c3ccn[nH]3)nc2C(N)=O)ccc1N1CCC(N2CCN(C)CC2)CC1. The molecule has 2 aromatic heterocycles. The molecule has 1 amide bonds. The van der Waals surface area contributed by atoms with Crippen LogP contribution in [0.4, 0.5) is 23.0 Å². The van der Waals surface area contributed by atoms with E-state index in [0.29, 0.717) is 41.6 Å². The van der Waals surface area contributed by atoms with Crippen LogP contribution in [-0.2, 0) is 4.74 Å². The van der Waals surface area contributed by atoms with Crippen LogP contribution < -0.4 is 21.3 Å². The lowest BCUT2D eigenvalue weighted by molar-refractivity contribution is 0.0351. The monoisotopic (exact) mass is 628 g/mol. The maximum Gasteiger partial charge on any atom is 0.271 e. The fourth-order valence-electron chi connectivity index (χ4n) is 7.48. The van der Waals surface area contributed by atoms with Crippen LogP contribution in [0.2, 0.25) is 0 Å².